The van der Waals surface area contributed by atoms with Gasteiger partial charge in [-0.3, -0.25) is 0 Å². The predicted octanol–water partition coefficient (Wildman–Crippen LogP) is 4.16. The van der Waals surface area contributed by atoms with Crippen molar-refractivity contribution < 1.29 is 4.74 Å². The average Bonchev–Trinajstić information content (AvgIpc) is 2.47. The number of hydrogen-bond donors (Lipinski definition) is 2. The second-order valence-electron chi connectivity index (χ2n) is 4.70. The van der Waals surface area contributed by atoms with Crippen LogP contribution in [-0.2, 0) is 0 Å². The van der Waals surface area contributed by atoms with Gasteiger partial charge in [0.2, 0.25) is 0 Å². The van der Waals surface area contributed by atoms with E-state index in [-0.39, 0.29) is 6.04 Å². The molecule has 3 nitrogen and oxygen atoms in total. The molecule has 2 rings (SSSR count). The summed E-state index contributed by atoms with van der Waals surface area (Å²) in [4.78, 5) is 0.301. The van der Waals surface area contributed by atoms with E-state index in [1.54, 1.807) is 7.11 Å². The summed E-state index contributed by atoms with van der Waals surface area (Å²) in [6.45, 7) is 2.08. The maximum absolute atomic E-state index is 6.17. The largest absolute Gasteiger partial charge is 0.497 e. The molecular formula is C16H17ClN2OS. The van der Waals surface area contributed by atoms with Gasteiger partial charge in [-0.2, -0.15) is 0 Å². The number of nitrogens with two attached hydrogens (primary N) is 1. The predicted molar refractivity (Wildman–Crippen MR) is 92.4 cm³/mol. The first-order valence-corrected chi connectivity index (χ1v) is 7.29. The molecule has 0 aliphatic rings. The Kier molecular flexibility index (Phi) is 5.04. The van der Waals surface area contributed by atoms with Gasteiger partial charge in [-0.05, 0) is 42.8 Å². The Hall–Kier alpha value is -1.78. The molecule has 5 heteroatoms. The lowest BCUT2D eigenvalue weighted by molar-refractivity contribution is 0.414. The molecule has 0 fully saturated rings. The molecular weight excluding hydrogens is 304 g/mol. The van der Waals surface area contributed by atoms with Crippen LogP contribution in [0.1, 0.15) is 24.1 Å². The number of benzene rings is 2. The van der Waals surface area contributed by atoms with Crippen LogP contribution in [0.15, 0.2) is 42.5 Å². The summed E-state index contributed by atoms with van der Waals surface area (Å²) in [5.74, 6) is 0.842. The van der Waals surface area contributed by atoms with Crippen molar-refractivity contribution in [1.82, 2.24) is 0 Å². The van der Waals surface area contributed by atoms with Crippen molar-refractivity contribution in [1.29, 1.82) is 0 Å². The molecule has 0 amide bonds. The Morgan fingerprint density at radius 1 is 1.24 bits per heavy atom. The van der Waals surface area contributed by atoms with Crippen LogP contribution < -0.4 is 15.8 Å². The van der Waals surface area contributed by atoms with Gasteiger partial charge < -0.3 is 15.8 Å². The number of ether oxygens (including phenoxy) is 1. The highest BCUT2D eigenvalue weighted by Crippen LogP contribution is 2.25. The van der Waals surface area contributed by atoms with Crippen molar-refractivity contribution >= 4 is 34.5 Å². The van der Waals surface area contributed by atoms with Crippen molar-refractivity contribution in [2.75, 3.05) is 12.4 Å². The average molecular weight is 321 g/mol. The molecule has 21 heavy (non-hydrogen) atoms. The first kappa shape index (κ1) is 15.6. The lowest BCUT2D eigenvalue weighted by atomic mass is 10.1. The van der Waals surface area contributed by atoms with Crippen LogP contribution in [0, 0.1) is 0 Å². The third-order valence-electron chi connectivity index (χ3n) is 3.23. The third-order valence-corrected chi connectivity index (χ3v) is 3.77. The fraction of sp³-hybridized carbons (Fsp3) is 0.188. The number of nitrogens with one attached hydrogen (secondary N) is 1. The number of hydrogen-bond acceptors (Lipinski definition) is 3. The number of thiocarbonyl (C=S) groups is 1. The third kappa shape index (κ3) is 3.86. The van der Waals surface area contributed by atoms with Crippen molar-refractivity contribution in [3.8, 4) is 5.75 Å². The van der Waals surface area contributed by atoms with E-state index < -0.39 is 0 Å². The molecule has 0 saturated carbocycles. The van der Waals surface area contributed by atoms with Crippen LogP contribution >= 0.6 is 23.8 Å². The monoisotopic (exact) mass is 320 g/mol. The molecule has 0 aliphatic carbocycles. The first-order chi connectivity index (χ1) is 10.0. The summed E-state index contributed by atoms with van der Waals surface area (Å²) in [6, 6.07) is 13.7. The van der Waals surface area contributed by atoms with Crippen molar-refractivity contribution in [3.63, 3.8) is 0 Å². The molecule has 0 aliphatic heterocycles. The smallest absolute Gasteiger partial charge is 0.118 e. The Bertz CT molecular complexity index is 643. The minimum atomic E-state index is 0.141. The van der Waals surface area contributed by atoms with E-state index in [0.29, 0.717) is 15.6 Å². The van der Waals surface area contributed by atoms with Gasteiger partial charge in [-0.1, -0.05) is 36.0 Å². The lowest BCUT2D eigenvalue weighted by Crippen LogP contribution is -2.11. The highest BCUT2D eigenvalue weighted by Gasteiger charge is 2.08. The molecule has 0 heterocycles. The van der Waals surface area contributed by atoms with E-state index >= 15 is 0 Å². The molecule has 2 aromatic carbocycles. The Morgan fingerprint density at radius 2 is 1.90 bits per heavy atom. The molecule has 2 aromatic rings. The number of halogens is 1. The summed E-state index contributed by atoms with van der Waals surface area (Å²) in [6.07, 6.45) is 0. The van der Waals surface area contributed by atoms with E-state index in [9.17, 15) is 0 Å². The minimum absolute atomic E-state index is 0.141. The normalized spacial score (nSPS) is 11.8. The molecule has 0 spiro atoms. The Morgan fingerprint density at radius 3 is 2.43 bits per heavy atom. The number of methoxy groups -OCH3 is 1. The number of anilines is 1. The SMILES string of the molecule is COc1ccc(C(C)Nc2ccc(C(N)=S)c(Cl)c2)cc1. The highest BCUT2D eigenvalue weighted by molar-refractivity contribution is 7.80. The highest BCUT2D eigenvalue weighted by atomic mass is 35.5. The van der Waals surface area contributed by atoms with Gasteiger partial charge in [0.15, 0.2) is 0 Å². The zero-order valence-electron chi connectivity index (χ0n) is 11.9. The van der Waals surface area contributed by atoms with Gasteiger partial charge >= 0.3 is 0 Å². The van der Waals surface area contributed by atoms with Crippen molar-refractivity contribution in [3.05, 3.63) is 58.6 Å². The van der Waals surface area contributed by atoms with Gasteiger partial charge in [0.1, 0.15) is 10.7 Å². The van der Waals surface area contributed by atoms with Crippen LogP contribution in [0.5, 0.6) is 5.75 Å². The Balaban J connectivity index is 2.13. The summed E-state index contributed by atoms with van der Waals surface area (Å²) < 4.78 is 5.16. The second kappa shape index (κ2) is 6.78. The van der Waals surface area contributed by atoms with Crippen LogP contribution in [0.4, 0.5) is 5.69 Å². The topological polar surface area (TPSA) is 47.3 Å². The molecule has 110 valence electrons. The first-order valence-electron chi connectivity index (χ1n) is 6.51. The van der Waals surface area contributed by atoms with Crippen molar-refractivity contribution in [2.24, 2.45) is 5.73 Å². The Labute approximate surface area is 135 Å². The zero-order chi connectivity index (χ0) is 15.4. The summed E-state index contributed by atoms with van der Waals surface area (Å²) in [7, 11) is 1.65. The van der Waals surface area contributed by atoms with Crippen LogP contribution in [0.2, 0.25) is 5.02 Å². The molecule has 3 N–H and O–H groups in total. The van der Waals surface area contributed by atoms with E-state index in [1.807, 2.05) is 42.5 Å². The molecule has 0 radical (unpaired) electrons. The van der Waals surface area contributed by atoms with Crippen LogP contribution in [0.25, 0.3) is 0 Å². The van der Waals surface area contributed by atoms with Gasteiger partial charge in [-0.25, -0.2) is 0 Å². The van der Waals surface area contributed by atoms with E-state index in [2.05, 4.69) is 12.2 Å². The summed E-state index contributed by atoms with van der Waals surface area (Å²) >= 11 is 11.1. The van der Waals surface area contributed by atoms with Crippen LogP contribution in [-0.4, -0.2) is 12.1 Å². The van der Waals surface area contributed by atoms with E-state index in [1.165, 1.54) is 0 Å². The van der Waals surface area contributed by atoms with Gasteiger partial charge in [-0.15, -0.1) is 0 Å². The fourth-order valence-electron chi connectivity index (χ4n) is 2.03. The molecule has 0 bridgehead atoms. The lowest BCUT2D eigenvalue weighted by Gasteiger charge is -2.17. The number of rotatable bonds is 5. The van der Waals surface area contributed by atoms with E-state index in [0.717, 1.165) is 17.0 Å². The fourth-order valence-corrected chi connectivity index (χ4v) is 2.55. The summed E-state index contributed by atoms with van der Waals surface area (Å²) in [5.41, 5.74) is 8.37. The summed E-state index contributed by atoms with van der Waals surface area (Å²) in [5, 5.41) is 3.94. The van der Waals surface area contributed by atoms with Gasteiger partial charge in [0, 0.05) is 17.3 Å². The second-order valence-corrected chi connectivity index (χ2v) is 5.55. The molecule has 0 saturated heterocycles. The molecule has 1 unspecified atom stereocenters. The maximum atomic E-state index is 6.17. The quantitative estimate of drug-likeness (QED) is 0.812. The minimum Gasteiger partial charge on any atom is -0.497 e. The van der Waals surface area contributed by atoms with Crippen molar-refractivity contribution in [2.45, 2.75) is 13.0 Å². The molecule has 0 aromatic heterocycles. The standard InChI is InChI=1S/C16H17ClN2OS/c1-10(11-3-6-13(20-2)7-4-11)19-12-5-8-14(16(18)21)15(17)9-12/h3-10,19H,1-2H3,(H2,18,21). The van der Waals surface area contributed by atoms with Gasteiger partial charge in [0.05, 0.1) is 12.1 Å². The zero-order valence-corrected chi connectivity index (χ0v) is 13.5. The van der Waals surface area contributed by atoms with Crippen LogP contribution in [0.3, 0.4) is 0 Å². The molecule has 1 atom stereocenters. The van der Waals surface area contributed by atoms with Gasteiger partial charge in [0.25, 0.3) is 0 Å². The maximum Gasteiger partial charge on any atom is 0.118 e. The van der Waals surface area contributed by atoms with E-state index in [4.69, 9.17) is 34.3 Å².